The maximum absolute atomic E-state index is 12.2. The van der Waals surface area contributed by atoms with Crippen LogP contribution < -0.4 is 0 Å². The van der Waals surface area contributed by atoms with Crippen molar-refractivity contribution in [3.05, 3.63) is 0 Å². The van der Waals surface area contributed by atoms with Crippen LogP contribution in [0.3, 0.4) is 0 Å². The number of hydrogen-bond acceptors (Lipinski definition) is 4. The zero-order valence-electron chi connectivity index (χ0n) is 27.3. The van der Waals surface area contributed by atoms with Gasteiger partial charge in [-0.25, -0.2) is 8.37 Å². The maximum atomic E-state index is 12.2. The van der Waals surface area contributed by atoms with Gasteiger partial charge in [0, 0.05) is 0 Å². The Labute approximate surface area is 246 Å². The zero-order chi connectivity index (χ0) is 29.2. The molecule has 5 heteroatoms. The first-order valence-electron chi connectivity index (χ1n) is 17.2. The standard InChI is InChI=1S/C34H70O4S/c1-7-9-11-13-15-17-19-23-31(3)25-21-27-33(5)29-37-39(35,36)38-30-34(6)28-22-26-32(4)24-20-18-16-14-12-10-8-2/h31-34H,7-30H2,1-6H3. The lowest BCUT2D eigenvalue weighted by Crippen LogP contribution is -2.18. The fourth-order valence-corrected chi connectivity index (χ4v) is 6.28. The van der Waals surface area contributed by atoms with Crippen molar-refractivity contribution >= 4 is 10.4 Å². The van der Waals surface area contributed by atoms with Crippen LogP contribution in [0.5, 0.6) is 0 Å². The van der Waals surface area contributed by atoms with Crippen molar-refractivity contribution in [3.8, 4) is 0 Å². The second kappa shape index (κ2) is 26.7. The van der Waals surface area contributed by atoms with Crippen LogP contribution in [0.1, 0.15) is 183 Å². The summed E-state index contributed by atoms with van der Waals surface area (Å²) < 4.78 is 34.8. The minimum atomic E-state index is -3.90. The summed E-state index contributed by atoms with van der Waals surface area (Å²) in [6, 6.07) is 0. The molecule has 0 heterocycles. The minimum Gasteiger partial charge on any atom is -0.248 e. The van der Waals surface area contributed by atoms with Crippen LogP contribution in [0.25, 0.3) is 0 Å². The first-order chi connectivity index (χ1) is 18.7. The Bertz CT molecular complexity index is 560. The second-order valence-corrected chi connectivity index (χ2v) is 14.4. The van der Waals surface area contributed by atoms with Gasteiger partial charge in [-0.2, -0.15) is 8.42 Å². The van der Waals surface area contributed by atoms with E-state index in [0.29, 0.717) is 0 Å². The third kappa shape index (κ3) is 27.8. The van der Waals surface area contributed by atoms with Gasteiger partial charge in [0.15, 0.2) is 0 Å². The summed E-state index contributed by atoms with van der Waals surface area (Å²) in [5.41, 5.74) is 0. The summed E-state index contributed by atoms with van der Waals surface area (Å²) in [4.78, 5) is 0. The van der Waals surface area contributed by atoms with Gasteiger partial charge >= 0.3 is 10.4 Å². The van der Waals surface area contributed by atoms with Crippen molar-refractivity contribution in [2.24, 2.45) is 23.7 Å². The molecule has 0 N–H and O–H groups in total. The summed E-state index contributed by atoms with van der Waals surface area (Å²) in [6.07, 6.45) is 28.5. The lowest BCUT2D eigenvalue weighted by Gasteiger charge is -2.16. The van der Waals surface area contributed by atoms with Gasteiger partial charge in [0.2, 0.25) is 0 Å². The number of hydrogen-bond donors (Lipinski definition) is 0. The fourth-order valence-electron chi connectivity index (χ4n) is 5.42. The van der Waals surface area contributed by atoms with Gasteiger partial charge in [-0.15, -0.1) is 0 Å². The van der Waals surface area contributed by atoms with Crippen LogP contribution in [0, 0.1) is 23.7 Å². The molecule has 0 radical (unpaired) electrons. The first kappa shape index (κ1) is 38.9. The van der Waals surface area contributed by atoms with Crippen molar-refractivity contribution < 1.29 is 16.8 Å². The molecular formula is C34H70O4S. The highest BCUT2D eigenvalue weighted by molar-refractivity contribution is 7.81. The zero-order valence-corrected chi connectivity index (χ0v) is 28.1. The summed E-state index contributed by atoms with van der Waals surface area (Å²) in [5.74, 6) is 1.96. The predicted molar refractivity (Wildman–Crippen MR) is 170 cm³/mol. The topological polar surface area (TPSA) is 52.6 Å². The van der Waals surface area contributed by atoms with E-state index in [1.54, 1.807) is 0 Å². The molecule has 0 spiro atoms. The Morgan fingerprint density at radius 3 is 1.05 bits per heavy atom. The van der Waals surface area contributed by atoms with E-state index in [1.807, 2.05) is 0 Å². The van der Waals surface area contributed by atoms with Gasteiger partial charge < -0.3 is 0 Å². The highest BCUT2D eigenvalue weighted by atomic mass is 32.3. The Hall–Kier alpha value is -0.130. The molecule has 0 aliphatic carbocycles. The molecule has 4 atom stereocenters. The normalized spacial score (nSPS) is 15.3. The Kier molecular flexibility index (Phi) is 26.7. The van der Waals surface area contributed by atoms with Crippen LogP contribution in [0.2, 0.25) is 0 Å². The highest BCUT2D eigenvalue weighted by Gasteiger charge is 2.17. The van der Waals surface area contributed by atoms with Crippen molar-refractivity contribution in [2.75, 3.05) is 13.2 Å². The molecular weight excluding hydrogens is 504 g/mol. The molecule has 236 valence electrons. The molecule has 0 bridgehead atoms. The molecule has 0 saturated carbocycles. The Morgan fingerprint density at radius 2 is 0.692 bits per heavy atom. The van der Waals surface area contributed by atoms with Gasteiger partial charge in [0.1, 0.15) is 0 Å². The summed E-state index contributed by atoms with van der Waals surface area (Å²) in [5, 5.41) is 0. The second-order valence-electron chi connectivity index (χ2n) is 13.1. The molecule has 4 unspecified atom stereocenters. The van der Waals surface area contributed by atoms with E-state index in [0.717, 1.165) is 37.5 Å². The quantitative estimate of drug-likeness (QED) is 0.0800. The van der Waals surface area contributed by atoms with Crippen LogP contribution in [0.15, 0.2) is 0 Å². The Morgan fingerprint density at radius 1 is 0.410 bits per heavy atom. The molecule has 39 heavy (non-hydrogen) atoms. The van der Waals surface area contributed by atoms with E-state index in [-0.39, 0.29) is 25.0 Å². The lowest BCUT2D eigenvalue weighted by molar-refractivity contribution is 0.169. The average Bonchev–Trinajstić information content (AvgIpc) is 2.90. The average molecular weight is 575 g/mol. The van der Waals surface area contributed by atoms with Crippen LogP contribution in [-0.2, 0) is 18.8 Å². The Balaban J connectivity index is 3.78. The third-order valence-electron chi connectivity index (χ3n) is 8.38. The molecule has 0 aliphatic rings. The molecule has 0 aromatic carbocycles. The van der Waals surface area contributed by atoms with E-state index in [9.17, 15) is 8.42 Å². The summed E-state index contributed by atoms with van der Waals surface area (Å²) >= 11 is 0. The van der Waals surface area contributed by atoms with Gasteiger partial charge in [0.05, 0.1) is 13.2 Å². The summed E-state index contributed by atoms with van der Waals surface area (Å²) in [7, 11) is -3.90. The first-order valence-corrected chi connectivity index (χ1v) is 18.6. The van der Waals surface area contributed by atoms with Crippen LogP contribution in [0.4, 0.5) is 0 Å². The van der Waals surface area contributed by atoms with Crippen LogP contribution in [-0.4, -0.2) is 21.6 Å². The molecule has 0 aromatic rings. The van der Waals surface area contributed by atoms with Gasteiger partial charge in [-0.1, -0.05) is 170 Å². The molecule has 4 nitrogen and oxygen atoms in total. The van der Waals surface area contributed by atoms with Crippen LogP contribution >= 0.6 is 0 Å². The molecule has 0 saturated heterocycles. The smallest absolute Gasteiger partial charge is 0.248 e. The van der Waals surface area contributed by atoms with Crippen molar-refractivity contribution in [2.45, 2.75) is 183 Å². The van der Waals surface area contributed by atoms with Gasteiger partial charge in [0.25, 0.3) is 0 Å². The summed E-state index contributed by atoms with van der Waals surface area (Å²) in [6.45, 7) is 13.8. The fraction of sp³-hybridized carbons (Fsp3) is 1.00. The maximum Gasteiger partial charge on any atom is 0.399 e. The van der Waals surface area contributed by atoms with E-state index in [1.165, 1.54) is 116 Å². The third-order valence-corrected chi connectivity index (χ3v) is 9.23. The number of rotatable bonds is 30. The number of unbranched alkanes of at least 4 members (excludes halogenated alkanes) is 12. The largest absolute Gasteiger partial charge is 0.399 e. The highest BCUT2D eigenvalue weighted by Crippen LogP contribution is 2.21. The van der Waals surface area contributed by atoms with Crippen molar-refractivity contribution in [1.29, 1.82) is 0 Å². The SMILES string of the molecule is CCCCCCCCCC(C)CCCC(C)COS(=O)(=O)OCC(C)CCCC(C)CCCCCCCCC. The monoisotopic (exact) mass is 574 g/mol. The minimum absolute atomic E-state index is 0.221. The molecule has 0 aromatic heterocycles. The van der Waals surface area contributed by atoms with Crippen molar-refractivity contribution in [3.63, 3.8) is 0 Å². The molecule has 0 amide bonds. The van der Waals surface area contributed by atoms with E-state index < -0.39 is 10.4 Å². The predicted octanol–water partition coefficient (Wildman–Crippen LogP) is 11.4. The molecule has 0 aliphatic heterocycles. The van der Waals surface area contributed by atoms with E-state index in [4.69, 9.17) is 8.37 Å². The lowest BCUT2D eigenvalue weighted by atomic mass is 9.94. The molecule has 0 fully saturated rings. The van der Waals surface area contributed by atoms with E-state index >= 15 is 0 Å². The molecule has 0 rings (SSSR count). The van der Waals surface area contributed by atoms with Gasteiger partial charge in [-0.05, 0) is 36.5 Å². The van der Waals surface area contributed by atoms with Crippen molar-refractivity contribution in [1.82, 2.24) is 0 Å². The van der Waals surface area contributed by atoms with Gasteiger partial charge in [-0.3, -0.25) is 0 Å². The van der Waals surface area contributed by atoms with E-state index in [2.05, 4.69) is 41.5 Å².